The molecule has 8 rings (SSSR count). The van der Waals surface area contributed by atoms with Gasteiger partial charge in [-0.3, -0.25) is 33.9 Å². The van der Waals surface area contributed by atoms with Gasteiger partial charge in [0.1, 0.15) is 35.9 Å². The number of nitrogens with zero attached hydrogens (tertiary/aromatic N) is 4. The summed E-state index contributed by atoms with van der Waals surface area (Å²) < 4.78 is 143. The number of amides is 1. The van der Waals surface area contributed by atoms with Crippen LogP contribution >= 0.6 is 23.5 Å². The number of nitro benzene ring substituents is 1. The summed E-state index contributed by atoms with van der Waals surface area (Å²) in [5.41, 5.74) is 8.21. The second kappa shape index (κ2) is 24.2. The van der Waals surface area contributed by atoms with E-state index in [1.165, 1.54) is 30.0 Å². The van der Waals surface area contributed by atoms with Gasteiger partial charge in [-0.05, 0) is 53.4 Å². The van der Waals surface area contributed by atoms with Crippen LogP contribution in [0.5, 0.6) is 5.75 Å². The molecule has 3 aromatic carbocycles. The quantitative estimate of drug-likeness (QED) is 0.00929. The largest absolute Gasteiger partial charge is 0.495 e. The smallest absolute Gasteiger partial charge is 0.490 e. The highest BCUT2D eigenvalue weighted by Crippen LogP contribution is 2.66. The first-order valence-electron chi connectivity index (χ1n) is 24.5. The van der Waals surface area contributed by atoms with Crippen LogP contribution in [0.2, 0.25) is 0 Å². The van der Waals surface area contributed by atoms with E-state index in [0.29, 0.717) is 5.56 Å². The summed E-state index contributed by atoms with van der Waals surface area (Å²) in [6.45, 7) is 3.43. The Morgan fingerprint density at radius 3 is 2.26 bits per heavy atom. The van der Waals surface area contributed by atoms with Gasteiger partial charge in [-0.2, -0.15) is 25.5 Å². The Labute approximate surface area is 489 Å². The number of carboxylic acid groups (broad SMARTS) is 1. The van der Waals surface area contributed by atoms with Gasteiger partial charge in [0.2, 0.25) is 0 Å². The molecule has 5 aromatic rings. The van der Waals surface area contributed by atoms with Crippen LogP contribution in [-0.2, 0) is 63.2 Å². The van der Waals surface area contributed by atoms with E-state index >= 15 is 0 Å². The first-order valence-corrected chi connectivity index (χ1v) is 31.9. The maximum Gasteiger partial charge on any atom is 0.490 e. The van der Waals surface area contributed by atoms with E-state index in [0.717, 1.165) is 48.8 Å². The van der Waals surface area contributed by atoms with E-state index in [9.17, 15) is 79.3 Å². The lowest BCUT2D eigenvalue weighted by Crippen LogP contribution is -2.26. The molecule has 1 saturated heterocycles. The number of carboxylic acids is 1. The number of nitrogen functional groups attached to an aromatic ring is 2. The number of nitro groups is 1. The lowest BCUT2D eigenvalue weighted by Gasteiger charge is -2.31. The second-order valence-electron chi connectivity index (χ2n) is 19.9. The summed E-state index contributed by atoms with van der Waals surface area (Å²) in [6.07, 6.45) is -2.74. The molecule has 1 amide bonds. The van der Waals surface area contributed by atoms with Crippen LogP contribution in [0.25, 0.3) is 44.5 Å². The average Bonchev–Trinajstić information content (AvgIpc) is 2.37. The summed E-state index contributed by atoms with van der Waals surface area (Å²) in [5, 5.41) is 44.1. The van der Waals surface area contributed by atoms with Crippen molar-refractivity contribution in [2.75, 3.05) is 31.7 Å². The predicted octanol–water partition coefficient (Wildman–Crippen LogP) is 4.78. The molecule has 87 heavy (non-hydrogen) atoms. The van der Waals surface area contributed by atoms with Gasteiger partial charge in [-0.15, -0.1) is 0 Å². The molecule has 0 spiro atoms. The molecule has 39 heteroatoms. The Morgan fingerprint density at radius 2 is 1.64 bits per heavy atom. The lowest BCUT2D eigenvalue weighted by molar-refractivity contribution is -0.386. The maximum atomic E-state index is 13.6. The van der Waals surface area contributed by atoms with Crippen LogP contribution in [0, 0.1) is 32.8 Å². The molecule has 2 aliphatic heterocycles. The summed E-state index contributed by atoms with van der Waals surface area (Å²) in [5.74, 6) is 1.99. The van der Waals surface area contributed by atoms with Gasteiger partial charge in [-0.25, -0.2) is 28.5 Å². The Kier molecular flexibility index (Phi) is 18.1. The fourth-order valence-electron chi connectivity index (χ4n) is 9.46. The minimum atomic E-state index is -5.85. The van der Waals surface area contributed by atoms with Crippen LogP contribution < -0.4 is 26.9 Å². The minimum absolute atomic E-state index is 0.0174. The molecular formula is C48H49N8O26P3S2. The van der Waals surface area contributed by atoms with Crippen molar-refractivity contribution in [1.82, 2.24) is 19.9 Å². The van der Waals surface area contributed by atoms with Crippen molar-refractivity contribution in [3.8, 4) is 40.0 Å². The number of phosphoric ester groups is 1. The molecule has 0 saturated carbocycles. The molecule has 2 aromatic heterocycles. The van der Waals surface area contributed by atoms with Crippen LogP contribution in [0.15, 0.2) is 81.3 Å². The zero-order valence-electron chi connectivity index (χ0n) is 45.0. The van der Waals surface area contributed by atoms with Crippen molar-refractivity contribution in [3.63, 3.8) is 0 Å². The van der Waals surface area contributed by atoms with Gasteiger partial charge < -0.3 is 69.8 Å². The molecule has 0 radical (unpaired) electrons. The number of carbonyl (C=O) groups is 2. The maximum absolute atomic E-state index is 13.6. The number of aliphatic hydroxyl groups is 1. The van der Waals surface area contributed by atoms with Gasteiger partial charge in [0.15, 0.2) is 21.1 Å². The topological polar surface area (TPSA) is 546 Å². The summed E-state index contributed by atoms with van der Waals surface area (Å²) in [4.78, 5) is 82.0. The molecule has 1 fully saturated rings. The van der Waals surface area contributed by atoms with Crippen molar-refractivity contribution >= 4 is 94.8 Å². The monoisotopic (exact) mass is 1310 g/mol. The van der Waals surface area contributed by atoms with Gasteiger partial charge >= 0.3 is 29.4 Å². The number of carbonyl (C=O) groups excluding carboxylic acids is 1. The van der Waals surface area contributed by atoms with Gasteiger partial charge in [0, 0.05) is 46.3 Å². The van der Waals surface area contributed by atoms with E-state index in [1.807, 2.05) is 0 Å². The zero-order chi connectivity index (χ0) is 64.3. The number of phosphoric acid groups is 3. The number of aliphatic hydroxyl groups excluding tert-OH is 1. The third-order valence-corrected chi connectivity index (χ3v) is 18.6. The number of anilines is 2. The van der Waals surface area contributed by atoms with E-state index in [4.69, 9.17) is 45.3 Å². The minimum Gasteiger partial charge on any atom is -0.495 e. The molecule has 34 nitrogen and oxygen atoms in total. The van der Waals surface area contributed by atoms with Gasteiger partial charge in [0.25, 0.3) is 31.8 Å². The van der Waals surface area contributed by atoms with E-state index < -0.39 is 147 Å². The average molecular weight is 1310 g/mol. The van der Waals surface area contributed by atoms with Crippen LogP contribution in [-0.4, -0.2) is 120 Å². The molecule has 464 valence electrons. The van der Waals surface area contributed by atoms with Crippen molar-refractivity contribution in [3.05, 3.63) is 110 Å². The number of methoxy groups -OCH3 is 1. The number of fused-ring (bicyclic) bond motifs is 3. The molecule has 3 aliphatic rings. The highest BCUT2D eigenvalue weighted by Gasteiger charge is 2.44. The van der Waals surface area contributed by atoms with Crippen molar-refractivity contribution in [2.24, 2.45) is 5.41 Å². The number of aromatic nitrogens is 3. The molecular weight excluding hydrogens is 1260 g/mol. The molecule has 4 heterocycles. The van der Waals surface area contributed by atoms with Crippen molar-refractivity contribution in [1.29, 1.82) is 5.41 Å². The molecule has 0 bridgehead atoms. The number of ether oxygens (including phenoxy) is 3. The number of hydrogen-bond donors (Lipinski definition) is 12. The fraction of sp³-hybridized carbons (Fsp3) is 0.271. The predicted molar refractivity (Wildman–Crippen MR) is 297 cm³/mol. The molecule has 14 N–H and O–H groups in total. The Bertz CT molecular complexity index is 4480. The Balaban J connectivity index is 1.03. The number of nitrogens with one attached hydrogen (secondary N) is 2. The number of hydrogen-bond acceptors (Lipinski definition) is 24. The van der Waals surface area contributed by atoms with E-state index in [1.54, 1.807) is 20.8 Å². The van der Waals surface area contributed by atoms with Crippen LogP contribution in [0.1, 0.15) is 76.9 Å². The van der Waals surface area contributed by atoms with Gasteiger partial charge in [-0.1, -0.05) is 38.7 Å². The lowest BCUT2D eigenvalue weighted by atomic mass is 9.83. The zero-order valence-corrected chi connectivity index (χ0v) is 49.3. The first-order chi connectivity index (χ1) is 40.3. The third kappa shape index (κ3) is 14.2. The Hall–Kier alpha value is -7.62. The van der Waals surface area contributed by atoms with Crippen molar-refractivity contribution < 1.29 is 116 Å². The van der Waals surface area contributed by atoms with E-state index in [-0.39, 0.29) is 74.4 Å². The van der Waals surface area contributed by atoms with Gasteiger partial charge in [0.05, 0.1) is 77.1 Å². The molecule has 1 aliphatic carbocycles. The number of benzene rings is 4. The van der Waals surface area contributed by atoms with E-state index in [2.05, 4.69) is 40.3 Å². The molecule has 2 unspecified atom stereocenters. The summed E-state index contributed by atoms with van der Waals surface area (Å²) in [7, 11) is -26.4. The van der Waals surface area contributed by atoms with Crippen LogP contribution in [0.4, 0.5) is 17.2 Å². The molecule has 6 atom stereocenters. The normalized spacial score (nSPS) is 17.5. The number of nitrogens with two attached hydrogens (primary N) is 2. The van der Waals surface area contributed by atoms with Crippen LogP contribution in [0.3, 0.4) is 0 Å². The fourth-order valence-corrected chi connectivity index (χ4v) is 14.0. The summed E-state index contributed by atoms with van der Waals surface area (Å²) >= 11 is 0. The SMILES string of the molecule is COc1cc([C@@H](OCc2cn([C@H]3C[C@H](O)[C@@H](COP(=O)(O)OP(=O)(O)OP(=O)(O)O)O3)c3ncnc(N)c23)C(C)(C)C)c([N+](=O)[O-])cc1C#CCNC(=O)c1ccc(-c2c3ccc(=N)c(S(=O)(=O)O)c-3oc3c(S(=O)(=O)O)c(N)ccc23)c(C(=O)O)c1. The second-order valence-corrected chi connectivity index (χ2v) is 27.1. The highest BCUT2D eigenvalue weighted by molar-refractivity contribution is 7.86. The Morgan fingerprint density at radius 1 is 0.966 bits per heavy atom. The number of rotatable bonds is 20. The number of aromatic carboxylic acids is 1. The van der Waals surface area contributed by atoms with Crippen molar-refractivity contribution in [2.45, 2.75) is 68.1 Å². The standard InChI is InChI=1S/C48H49N8O26P3S2/c1-48(2,3)43(77-19-24-18-55(45-37(24)44(51)53-21-54-45)36-17-33(57)35(79-36)20-78-84(66,67)82-85(68,69)81-83(63,64)65)29-16-34(76-4)22(15-32(29)56(61)62)6-5-13-52-46(58)23-7-8-25(28(14-23)47(59)60)38-26-9-11-30(49)41(86(70,71)72)39(26)80-40-27(38)10-12-31(50)42(40)87(73,74)75/h7-12,14-16,18,21,33,35-36,43,49,57H,13,17,19-20,50H2,1-4H3,(H,52,58)(H,59,60)(H,66,67)(H,68,69)(H2,51,53,54)(H2,63,64,65)(H,70,71,72)(H,73,74,75)/t33-,35+,36+,43+/m0/s1. The highest BCUT2D eigenvalue weighted by atomic mass is 32.2. The third-order valence-electron chi connectivity index (χ3n) is 12.9. The first kappa shape index (κ1) is 65.4. The summed E-state index contributed by atoms with van der Waals surface area (Å²) in [6, 6.07) is 9.96.